The highest BCUT2D eigenvalue weighted by Gasteiger charge is 2.18. The van der Waals surface area contributed by atoms with E-state index in [-0.39, 0.29) is 0 Å². The monoisotopic (exact) mass is 271 g/mol. The Morgan fingerprint density at radius 3 is 2.10 bits per heavy atom. The number of nitrogens with zero attached hydrogens (tertiary/aromatic N) is 2. The third-order valence-corrected chi connectivity index (χ3v) is 4.08. The van der Waals surface area contributed by atoms with E-state index in [2.05, 4.69) is 69.3 Å². The van der Waals surface area contributed by atoms with Crippen molar-refractivity contribution in [3.8, 4) is 0 Å². The van der Waals surface area contributed by atoms with E-state index in [0.717, 1.165) is 5.69 Å². The summed E-state index contributed by atoms with van der Waals surface area (Å²) >= 11 is 0. The van der Waals surface area contributed by atoms with Crippen LogP contribution in [0.5, 0.6) is 0 Å². The minimum atomic E-state index is 0.292. The molecule has 0 aliphatic rings. The molecule has 0 aliphatic heterocycles. The van der Waals surface area contributed by atoms with Crippen LogP contribution in [0.15, 0.2) is 24.3 Å². The number of nitrogens with one attached hydrogen (secondary N) is 1. The van der Waals surface area contributed by atoms with Gasteiger partial charge in [-0.2, -0.15) is 5.10 Å². The predicted molar refractivity (Wildman–Crippen MR) is 83.8 cm³/mol. The second-order valence-electron chi connectivity index (χ2n) is 5.73. The van der Waals surface area contributed by atoms with Crippen molar-refractivity contribution in [1.82, 2.24) is 15.1 Å². The molecule has 20 heavy (non-hydrogen) atoms. The predicted octanol–water partition coefficient (Wildman–Crippen LogP) is 3.76. The molecule has 0 radical (unpaired) electrons. The maximum Gasteiger partial charge on any atom is 0.0644 e. The third kappa shape index (κ3) is 2.93. The van der Waals surface area contributed by atoms with Gasteiger partial charge in [-0.1, -0.05) is 29.8 Å². The molecule has 0 bridgehead atoms. The van der Waals surface area contributed by atoms with Gasteiger partial charge < -0.3 is 5.32 Å². The maximum atomic E-state index is 4.50. The summed E-state index contributed by atoms with van der Waals surface area (Å²) in [7, 11) is 2.00. The lowest BCUT2D eigenvalue weighted by Gasteiger charge is -2.21. The number of hydrogen-bond acceptors (Lipinski definition) is 2. The van der Waals surface area contributed by atoms with E-state index in [1.54, 1.807) is 0 Å². The first kappa shape index (κ1) is 14.8. The molecule has 1 aromatic carbocycles. The minimum absolute atomic E-state index is 0.292. The Bertz CT molecular complexity index is 581. The first-order valence-corrected chi connectivity index (χ1v) is 7.23. The van der Waals surface area contributed by atoms with E-state index in [9.17, 15) is 0 Å². The van der Waals surface area contributed by atoms with Gasteiger partial charge in [-0.3, -0.25) is 4.68 Å². The third-order valence-electron chi connectivity index (χ3n) is 4.08. The van der Waals surface area contributed by atoms with Crippen molar-refractivity contribution in [2.75, 3.05) is 0 Å². The van der Waals surface area contributed by atoms with Gasteiger partial charge in [0.2, 0.25) is 0 Å². The van der Waals surface area contributed by atoms with Gasteiger partial charge in [-0.05, 0) is 40.2 Å². The zero-order valence-corrected chi connectivity index (χ0v) is 13.4. The number of aryl methyl sites for hydroxylation is 3. The van der Waals surface area contributed by atoms with E-state index >= 15 is 0 Å². The standard InChI is InChI=1S/C17H25N3/c1-11-7-9-16(10-8-11)12(2)18-13(3)17-14(4)19-20(6)15(17)5/h7-10,12-13,18H,1-6H3. The summed E-state index contributed by atoms with van der Waals surface area (Å²) in [6.07, 6.45) is 0. The zero-order chi connectivity index (χ0) is 14.9. The molecule has 0 saturated carbocycles. The largest absolute Gasteiger partial charge is 0.304 e. The topological polar surface area (TPSA) is 29.9 Å². The first-order chi connectivity index (χ1) is 9.40. The molecule has 0 spiro atoms. The molecule has 0 aliphatic carbocycles. The molecule has 1 aromatic heterocycles. The molecule has 3 heteroatoms. The molecule has 3 nitrogen and oxygen atoms in total. The van der Waals surface area contributed by atoms with Crippen LogP contribution in [0.4, 0.5) is 0 Å². The van der Waals surface area contributed by atoms with Gasteiger partial charge in [0.1, 0.15) is 0 Å². The Morgan fingerprint density at radius 1 is 1.00 bits per heavy atom. The lowest BCUT2D eigenvalue weighted by molar-refractivity contribution is 0.491. The number of rotatable bonds is 4. The van der Waals surface area contributed by atoms with E-state index in [1.807, 2.05) is 11.7 Å². The van der Waals surface area contributed by atoms with Crippen LogP contribution in [-0.2, 0) is 7.05 Å². The van der Waals surface area contributed by atoms with Crippen LogP contribution in [-0.4, -0.2) is 9.78 Å². The average molecular weight is 271 g/mol. The summed E-state index contributed by atoms with van der Waals surface area (Å²) in [5.74, 6) is 0. The van der Waals surface area contributed by atoms with Gasteiger partial charge in [-0.15, -0.1) is 0 Å². The van der Waals surface area contributed by atoms with Crippen LogP contribution in [0.3, 0.4) is 0 Å². The van der Waals surface area contributed by atoms with Crippen LogP contribution in [0, 0.1) is 20.8 Å². The lowest BCUT2D eigenvalue weighted by atomic mass is 10.0. The number of hydrogen-bond donors (Lipinski definition) is 1. The molecule has 2 rings (SSSR count). The fourth-order valence-electron chi connectivity index (χ4n) is 2.83. The molecular formula is C17H25N3. The Morgan fingerprint density at radius 2 is 1.60 bits per heavy atom. The van der Waals surface area contributed by atoms with Crippen molar-refractivity contribution in [3.05, 3.63) is 52.3 Å². The summed E-state index contributed by atoms with van der Waals surface area (Å²) in [4.78, 5) is 0. The van der Waals surface area contributed by atoms with E-state index in [4.69, 9.17) is 0 Å². The van der Waals surface area contributed by atoms with Gasteiger partial charge in [0, 0.05) is 30.4 Å². The van der Waals surface area contributed by atoms with Crippen molar-refractivity contribution >= 4 is 0 Å². The van der Waals surface area contributed by atoms with Crippen molar-refractivity contribution < 1.29 is 0 Å². The van der Waals surface area contributed by atoms with Gasteiger partial charge in [0.05, 0.1) is 5.69 Å². The molecule has 2 aromatic rings. The SMILES string of the molecule is Cc1ccc(C(C)NC(C)c2c(C)nn(C)c2C)cc1. The molecule has 2 atom stereocenters. The zero-order valence-electron chi connectivity index (χ0n) is 13.4. The van der Waals surface area contributed by atoms with Crippen molar-refractivity contribution in [2.24, 2.45) is 7.05 Å². The molecule has 108 valence electrons. The highest BCUT2D eigenvalue weighted by Crippen LogP contribution is 2.24. The molecule has 1 heterocycles. The van der Waals surface area contributed by atoms with E-state index in [0.29, 0.717) is 12.1 Å². The normalized spacial score (nSPS) is 14.3. The fourth-order valence-corrected chi connectivity index (χ4v) is 2.83. The number of aromatic nitrogens is 2. The summed E-state index contributed by atoms with van der Waals surface area (Å²) in [5.41, 5.74) is 6.28. The Hall–Kier alpha value is -1.61. The van der Waals surface area contributed by atoms with E-state index in [1.165, 1.54) is 22.4 Å². The second-order valence-corrected chi connectivity index (χ2v) is 5.73. The Balaban J connectivity index is 2.14. The summed E-state index contributed by atoms with van der Waals surface area (Å²) in [5, 5.41) is 8.17. The van der Waals surface area contributed by atoms with Crippen molar-refractivity contribution in [1.29, 1.82) is 0 Å². The Labute approximate surface area is 122 Å². The summed E-state index contributed by atoms with van der Waals surface area (Å²) in [6, 6.07) is 9.34. The highest BCUT2D eigenvalue weighted by molar-refractivity contribution is 5.29. The summed E-state index contributed by atoms with van der Waals surface area (Å²) in [6.45, 7) is 10.7. The first-order valence-electron chi connectivity index (χ1n) is 7.23. The van der Waals surface area contributed by atoms with Crippen LogP contribution < -0.4 is 5.32 Å². The van der Waals surface area contributed by atoms with Gasteiger partial charge >= 0.3 is 0 Å². The Kier molecular flexibility index (Phi) is 4.29. The van der Waals surface area contributed by atoms with Crippen LogP contribution in [0.1, 0.15) is 54.0 Å². The van der Waals surface area contributed by atoms with Gasteiger partial charge in [0.25, 0.3) is 0 Å². The minimum Gasteiger partial charge on any atom is -0.304 e. The van der Waals surface area contributed by atoms with Crippen LogP contribution >= 0.6 is 0 Å². The molecule has 2 unspecified atom stereocenters. The fraction of sp³-hybridized carbons (Fsp3) is 0.471. The van der Waals surface area contributed by atoms with Gasteiger partial charge in [-0.25, -0.2) is 0 Å². The summed E-state index contributed by atoms with van der Waals surface area (Å²) < 4.78 is 1.96. The molecular weight excluding hydrogens is 246 g/mol. The van der Waals surface area contributed by atoms with Crippen LogP contribution in [0.2, 0.25) is 0 Å². The molecule has 0 fully saturated rings. The average Bonchev–Trinajstić information content (AvgIpc) is 2.63. The van der Waals surface area contributed by atoms with E-state index < -0.39 is 0 Å². The second kappa shape index (κ2) is 5.80. The molecule has 1 N–H and O–H groups in total. The highest BCUT2D eigenvalue weighted by atomic mass is 15.3. The van der Waals surface area contributed by atoms with Crippen LogP contribution in [0.25, 0.3) is 0 Å². The van der Waals surface area contributed by atoms with Crippen molar-refractivity contribution in [3.63, 3.8) is 0 Å². The molecule has 0 amide bonds. The molecule has 0 saturated heterocycles. The lowest BCUT2D eigenvalue weighted by Crippen LogP contribution is -2.23. The van der Waals surface area contributed by atoms with Crippen molar-refractivity contribution in [2.45, 2.75) is 46.7 Å². The smallest absolute Gasteiger partial charge is 0.0644 e. The maximum absolute atomic E-state index is 4.50. The number of benzene rings is 1. The quantitative estimate of drug-likeness (QED) is 0.917. The van der Waals surface area contributed by atoms with Gasteiger partial charge in [0.15, 0.2) is 0 Å².